The van der Waals surface area contributed by atoms with Crippen LogP contribution >= 0.6 is 0 Å². The van der Waals surface area contributed by atoms with Gasteiger partial charge in [0.05, 0.1) is 6.04 Å². The van der Waals surface area contributed by atoms with Gasteiger partial charge in [0.15, 0.2) is 5.96 Å². The predicted molar refractivity (Wildman–Crippen MR) is 165 cm³/mol. The van der Waals surface area contributed by atoms with Crippen LogP contribution in [0.25, 0.3) is 0 Å². The Labute approximate surface area is 251 Å². The molecule has 12 N–H and O–H groups in total. The van der Waals surface area contributed by atoms with E-state index in [0.29, 0.717) is 6.42 Å². The van der Waals surface area contributed by atoms with Crippen LogP contribution in [0.2, 0.25) is 0 Å². The van der Waals surface area contributed by atoms with E-state index in [1.54, 1.807) is 43.3 Å². The van der Waals surface area contributed by atoms with Crippen LogP contribution in [0, 0.1) is 13.8 Å². The molecule has 0 unspecified atom stereocenters. The lowest BCUT2D eigenvalue weighted by Gasteiger charge is -2.25. The number of amides is 4. The molecule has 0 fully saturated rings. The largest absolute Gasteiger partial charge is 0.508 e. The zero-order valence-electron chi connectivity index (χ0n) is 24.9. The van der Waals surface area contributed by atoms with Crippen molar-refractivity contribution in [3.63, 3.8) is 0 Å². The van der Waals surface area contributed by atoms with Crippen molar-refractivity contribution in [3.8, 4) is 5.75 Å². The quantitative estimate of drug-likeness (QED) is 0.0713. The Morgan fingerprint density at radius 1 is 0.837 bits per heavy atom. The molecule has 0 radical (unpaired) electrons. The van der Waals surface area contributed by atoms with Gasteiger partial charge < -0.3 is 44.0 Å². The number of hydrogen-bond donors (Lipinski definition) is 8. The number of nitrogens with zero attached hydrogens (tertiary/aromatic N) is 1. The van der Waals surface area contributed by atoms with Gasteiger partial charge in [0.1, 0.15) is 23.9 Å². The molecular formula is C30H44N8O5. The van der Waals surface area contributed by atoms with E-state index in [9.17, 15) is 24.3 Å². The maximum atomic E-state index is 13.6. The van der Waals surface area contributed by atoms with Gasteiger partial charge in [-0.3, -0.25) is 24.2 Å². The average molecular weight is 597 g/mol. The van der Waals surface area contributed by atoms with E-state index in [0.717, 1.165) is 22.3 Å². The molecule has 0 heterocycles. The van der Waals surface area contributed by atoms with Crippen LogP contribution in [0.5, 0.6) is 5.75 Å². The summed E-state index contributed by atoms with van der Waals surface area (Å²) in [5.41, 5.74) is 25.6. The number of nitrogens with one attached hydrogen (secondary N) is 3. The van der Waals surface area contributed by atoms with Crippen molar-refractivity contribution in [2.45, 2.75) is 77.0 Å². The number of carbonyl (C=O) groups excluding carboxylic acids is 4. The third-order valence-electron chi connectivity index (χ3n) is 7.00. The molecule has 2 aromatic rings. The zero-order chi connectivity index (χ0) is 32.1. The third-order valence-corrected chi connectivity index (χ3v) is 7.00. The fourth-order valence-electron chi connectivity index (χ4n) is 4.63. The molecule has 13 nitrogen and oxygen atoms in total. The lowest BCUT2D eigenvalue weighted by molar-refractivity contribution is -0.133. The van der Waals surface area contributed by atoms with E-state index in [1.165, 1.54) is 0 Å². The average Bonchev–Trinajstić information content (AvgIpc) is 2.94. The Balaban J connectivity index is 2.26. The Morgan fingerprint density at radius 3 is 1.95 bits per heavy atom. The van der Waals surface area contributed by atoms with Gasteiger partial charge in [-0.05, 0) is 73.9 Å². The molecule has 0 aliphatic carbocycles. The summed E-state index contributed by atoms with van der Waals surface area (Å²) in [4.78, 5) is 55.7. The highest BCUT2D eigenvalue weighted by atomic mass is 16.3. The van der Waals surface area contributed by atoms with E-state index < -0.39 is 47.8 Å². The zero-order valence-corrected chi connectivity index (χ0v) is 24.9. The summed E-state index contributed by atoms with van der Waals surface area (Å²) < 4.78 is 0. The van der Waals surface area contributed by atoms with E-state index in [1.807, 2.05) is 19.9 Å². The maximum absolute atomic E-state index is 13.6. The molecule has 0 saturated heterocycles. The number of hydrogen-bond acceptors (Lipinski definition) is 7. The number of benzene rings is 2. The van der Waals surface area contributed by atoms with Gasteiger partial charge in [0, 0.05) is 13.0 Å². The van der Waals surface area contributed by atoms with Crippen LogP contribution < -0.4 is 38.9 Å². The molecule has 0 aromatic heterocycles. The monoisotopic (exact) mass is 596 g/mol. The van der Waals surface area contributed by atoms with Crippen LogP contribution in [-0.4, -0.2) is 65.4 Å². The maximum Gasteiger partial charge on any atom is 0.243 e. The first-order valence-electron chi connectivity index (χ1n) is 14.2. The molecule has 2 rings (SSSR count). The van der Waals surface area contributed by atoms with Crippen LogP contribution in [0.3, 0.4) is 0 Å². The van der Waals surface area contributed by atoms with E-state index >= 15 is 0 Å². The molecule has 234 valence electrons. The van der Waals surface area contributed by atoms with Crippen molar-refractivity contribution in [2.75, 3.05) is 6.54 Å². The number of rotatable bonds is 16. The normalized spacial score (nSPS) is 13.6. The molecule has 0 aliphatic heterocycles. The summed E-state index contributed by atoms with van der Waals surface area (Å²) in [7, 11) is 0. The van der Waals surface area contributed by atoms with Gasteiger partial charge in [-0.2, -0.15) is 0 Å². The van der Waals surface area contributed by atoms with Crippen molar-refractivity contribution >= 4 is 29.6 Å². The van der Waals surface area contributed by atoms with E-state index in [-0.39, 0.29) is 43.9 Å². The second-order valence-corrected chi connectivity index (χ2v) is 10.5. The van der Waals surface area contributed by atoms with Crippen molar-refractivity contribution < 1.29 is 24.3 Å². The summed E-state index contributed by atoms with van der Waals surface area (Å²) in [5, 5.41) is 17.9. The Morgan fingerprint density at radius 2 is 1.40 bits per heavy atom. The summed E-state index contributed by atoms with van der Waals surface area (Å²) >= 11 is 0. The Kier molecular flexibility index (Phi) is 13.4. The van der Waals surface area contributed by atoms with Crippen LogP contribution in [0.15, 0.2) is 47.5 Å². The highest BCUT2D eigenvalue weighted by Crippen LogP contribution is 2.22. The number of nitrogens with two attached hydrogens (primary N) is 4. The van der Waals surface area contributed by atoms with Gasteiger partial charge in [-0.15, -0.1) is 0 Å². The van der Waals surface area contributed by atoms with E-state index in [2.05, 4.69) is 20.9 Å². The van der Waals surface area contributed by atoms with Gasteiger partial charge in [-0.1, -0.05) is 37.3 Å². The lowest BCUT2D eigenvalue weighted by atomic mass is 9.95. The van der Waals surface area contributed by atoms with Gasteiger partial charge in [0.2, 0.25) is 23.6 Å². The number of aryl methyl sites for hydroxylation is 2. The standard InChI is InChI=1S/C30H44N8O5/c1-4-23(26(32)40)36-29(43)25(15-19-9-6-5-7-10-19)38-28(42)24(11-8-12-35-30(33)34)37-27(41)22(31)16-21-17(2)13-20(39)14-18(21)3/h5-7,9-10,13-14,22-25,39H,4,8,11-12,15-16,31H2,1-3H3,(H2,32,40)(H,36,43)(H,37,41)(H,38,42)(H4,33,34,35)/t22-,23-,24+,25-/m0/s1. The van der Waals surface area contributed by atoms with Crippen LogP contribution in [0.1, 0.15) is 48.4 Å². The van der Waals surface area contributed by atoms with Crippen molar-refractivity contribution in [3.05, 3.63) is 64.7 Å². The molecule has 0 bridgehead atoms. The summed E-state index contributed by atoms with van der Waals surface area (Å²) in [5.74, 6) is -2.47. The molecule has 2 aromatic carbocycles. The number of primary amides is 1. The summed E-state index contributed by atoms with van der Waals surface area (Å²) in [6.45, 7) is 5.54. The second kappa shape index (κ2) is 16.7. The number of aliphatic imine (C=N–C) groups is 1. The molecule has 13 heteroatoms. The molecule has 4 amide bonds. The van der Waals surface area contributed by atoms with Gasteiger partial charge in [0.25, 0.3) is 0 Å². The molecule has 0 aliphatic rings. The molecule has 4 atom stereocenters. The fraction of sp³-hybridized carbons (Fsp3) is 0.433. The highest BCUT2D eigenvalue weighted by Gasteiger charge is 2.30. The lowest BCUT2D eigenvalue weighted by Crippen LogP contribution is -2.58. The number of aromatic hydroxyl groups is 1. The smallest absolute Gasteiger partial charge is 0.243 e. The fourth-order valence-corrected chi connectivity index (χ4v) is 4.63. The first-order valence-corrected chi connectivity index (χ1v) is 14.2. The Hall–Kier alpha value is -4.65. The third kappa shape index (κ3) is 11.3. The first kappa shape index (κ1) is 34.6. The van der Waals surface area contributed by atoms with Crippen LogP contribution in [0.4, 0.5) is 0 Å². The highest BCUT2D eigenvalue weighted by molar-refractivity contribution is 5.94. The topological polar surface area (TPSA) is 241 Å². The predicted octanol–water partition coefficient (Wildman–Crippen LogP) is -0.475. The SMILES string of the molecule is CC[C@H](NC(=O)[C@H](Cc1ccccc1)NC(=O)[C@@H](CCCN=C(N)N)NC(=O)[C@@H](N)Cc1c(C)cc(O)cc1C)C(N)=O. The first-order chi connectivity index (χ1) is 20.3. The minimum Gasteiger partial charge on any atom is -0.508 e. The summed E-state index contributed by atoms with van der Waals surface area (Å²) in [6.07, 6.45) is 1.07. The number of guanidine groups is 1. The summed E-state index contributed by atoms with van der Waals surface area (Å²) in [6, 6.07) is 8.16. The molecule has 43 heavy (non-hydrogen) atoms. The number of carbonyl (C=O) groups is 4. The minimum atomic E-state index is -1.07. The number of phenolic OH excluding ortho intramolecular Hbond substituents is 1. The molecular weight excluding hydrogens is 552 g/mol. The van der Waals surface area contributed by atoms with Gasteiger partial charge >= 0.3 is 0 Å². The minimum absolute atomic E-state index is 0.105. The van der Waals surface area contributed by atoms with Crippen molar-refractivity contribution in [2.24, 2.45) is 27.9 Å². The van der Waals surface area contributed by atoms with E-state index in [4.69, 9.17) is 22.9 Å². The van der Waals surface area contributed by atoms with Crippen LogP contribution in [-0.2, 0) is 32.0 Å². The molecule has 0 saturated carbocycles. The van der Waals surface area contributed by atoms with Crippen molar-refractivity contribution in [1.82, 2.24) is 16.0 Å². The van der Waals surface area contributed by atoms with Gasteiger partial charge in [-0.25, -0.2) is 0 Å². The number of phenols is 1. The van der Waals surface area contributed by atoms with Crippen molar-refractivity contribution in [1.29, 1.82) is 0 Å². The Bertz CT molecular complexity index is 1270. The molecule has 0 spiro atoms. The second-order valence-electron chi connectivity index (χ2n) is 10.5.